The second-order valence-electron chi connectivity index (χ2n) is 4.68. The fourth-order valence-corrected chi connectivity index (χ4v) is 3.58. The molecule has 2 aromatic rings. The van der Waals surface area contributed by atoms with Gasteiger partial charge < -0.3 is 5.32 Å². The van der Waals surface area contributed by atoms with Crippen LogP contribution in [0.25, 0.3) is 0 Å². The number of halogens is 1. The van der Waals surface area contributed by atoms with Crippen LogP contribution in [0, 0.1) is 5.92 Å². The second kappa shape index (κ2) is 6.03. The van der Waals surface area contributed by atoms with Gasteiger partial charge in [0.2, 0.25) is 5.91 Å². The number of hydrogen-bond donors (Lipinski definition) is 1. The molecule has 1 unspecified atom stereocenters. The van der Waals surface area contributed by atoms with Gasteiger partial charge in [0, 0.05) is 34.7 Å². The van der Waals surface area contributed by atoms with Gasteiger partial charge >= 0.3 is 0 Å². The first-order chi connectivity index (χ1) is 10.1. The molecule has 0 saturated heterocycles. The van der Waals surface area contributed by atoms with Gasteiger partial charge in [0.05, 0.1) is 5.92 Å². The highest BCUT2D eigenvalue weighted by Gasteiger charge is 2.26. The summed E-state index contributed by atoms with van der Waals surface area (Å²) in [6.07, 6.45) is 1.50. The lowest BCUT2D eigenvalue weighted by atomic mass is 10.1. The Morgan fingerprint density at radius 3 is 3.10 bits per heavy atom. The topological polar surface area (TPSA) is 64.0 Å². The molecule has 5 nitrogen and oxygen atoms in total. The van der Waals surface area contributed by atoms with Crippen molar-refractivity contribution in [1.82, 2.24) is 9.55 Å². The van der Waals surface area contributed by atoms with Gasteiger partial charge in [-0.15, -0.1) is 0 Å². The van der Waals surface area contributed by atoms with E-state index in [9.17, 15) is 9.59 Å². The molecule has 1 atom stereocenters. The fourth-order valence-electron chi connectivity index (χ4n) is 2.12. The van der Waals surface area contributed by atoms with Gasteiger partial charge in [-0.3, -0.25) is 14.2 Å². The van der Waals surface area contributed by atoms with E-state index in [1.165, 1.54) is 24.0 Å². The molecule has 1 aliphatic heterocycles. The third-order valence-electron chi connectivity index (χ3n) is 3.18. The zero-order valence-corrected chi connectivity index (χ0v) is 13.4. The minimum atomic E-state index is -0.247. The lowest BCUT2D eigenvalue weighted by Crippen LogP contribution is -2.36. The van der Waals surface area contributed by atoms with Crippen molar-refractivity contribution in [2.24, 2.45) is 5.92 Å². The standard InChI is InChI=1S/C14H12BrN3O2S/c15-10-2-1-3-11(6-10)17-13(20)9-7-18-12(19)4-5-16-14(18)21-8-9/h1-6,9H,7-8H2,(H,17,20). The van der Waals surface area contributed by atoms with Crippen molar-refractivity contribution in [3.8, 4) is 0 Å². The number of fused-ring (bicyclic) bond motifs is 1. The molecule has 0 fully saturated rings. The third kappa shape index (κ3) is 3.19. The molecule has 108 valence electrons. The van der Waals surface area contributed by atoms with Crippen LogP contribution in [-0.2, 0) is 11.3 Å². The Labute approximate surface area is 133 Å². The Kier molecular flexibility index (Phi) is 4.12. The van der Waals surface area contributed by atoms with Gasteiger partial charge in [-0.1, -0.05) is 33.8 Å². The highest BCUT2D eigenvalue weighted by atomic mass is 79.9. The molecule has 1 aromatic heterocycles. The van der Waals surface area contributed by atoms with Crippen LogP contribution in [0.4, 0.5) is 5.69 Å². The van der Waals surface area contributed by atoms with E-state index in [1.807, 2.05) is 24.3 Å². The molecule has 1 N–H and O–H groups in total. The summed E-state index contributed by atoms with van der Waals surface area (Å²) in [7, 11) is 0. The molecule has 0 saturated carbocycles. The zero-order chi connectivity index (χ0) is 14.8. The highest BCUT2D eigenvalue weighted by molar-refractivity contribution is 9.10. The molecule has 2 heterocycles. The minimum absolute atomic E-state index is 0.0815. The summed E-state index contributed by atoms with van der Waals surface area (Å²) in [5, 5.41) is 3.56. The largest absolute Gasteiger partial charge is 0.326 e. The monoisotopic (exact) mass is 365 g/mol. The molecular formula is C14H12BrN3O2S. The minimum Gasteiger partial charge on any atom is -0.326 e. The number of nitrogens with zero attached hydrogens (tertiary/aromatic N) is 2. The number of rotatable bonds is 2. The highest BCUT2D eigenvalue weighted by Crippen LogP contribution is 2.25. The summed E-state index contributed by atoms with van der Waals surface area (Å²) in [5.74, 6) is 0.293. The number of thioether (sulfide) groups is 1. The molecule has 0 spiro atoms. The van der Waals surface area contributed by atoms with Crippen LogP contribution >= 0.6 is 27.7 Å². The van der Waals surface area contributed by atoms with E-state index in [-0.39, 0.29) is 17.4 Å². The van der Waals surface area contributed by atoms with Crippen LogP contribution in [0.2, 0.25) is 0 Å². The predicted octanol–water partition coefficient (Wildman–Crippen LogP) is 2.37. The van der Waals surface area contributed by atoms with Gasteiger partial charge in [-0.05, 0) is 18.2 Å². The Morgan fingerprint density at radius 2 is 2.29 bits per heavy atom. The average Bonchev–Trinajstić information content (AvgIpc) is 2.47. The Balaban J connectivity index is 1.75. The van der Waals surface area contributed by atoms with Crippen molar-refractivity contribution in [2.45, 2.75) is 11.7 Å². The normalized spacial score (nSPS) is 17.1. The Morgan fingerprint density at radius 1 is 1.43 bits per heavy atom. The number of nitrogens with one attached hydrogen (secondary N) is 1. The van der Waals surface area contributed by atoms with Gasteiger partial charge in [0.1, 0.15) is 0 Å². The molecule has 1 amide bonds. The van der Waals surface area contributed by atoms with E-state index in [0.29, 0.717) is 17.5 Å². The van der Waals surface area contributed by atoms with Crippen molar-refractivity contribution in [3.05, 3.63) is 51.4 Å². The second-order valence-corrected chi connectivity index (χ2v) is 6.59. The van der Waals surface area contributed by atoms with Crippen molar-refractivity contribution < 1.29 is 4.79 Å². The van der Waals surface area contributed by atoms with Crippen LogP contribution in [0.5, 0.6) is 0 Å². The molecule has 1 aliphatic rings. The molecular weight excluding hydrogens is 354 g/mol. The van der Waals surface area contributed by atoms with Crippen LogP contribution < -0.4 is 10.9 Å². The summed E-state index contributed by atoms with van der Waals surface area (Å²) in [5.41, 5.74) is 0.621. The number of carbonyl (C=O) groups is 1. The predicted molar refractivity (Wildman–Crippen MR) is 85.5 cm³/mol. The van der Waals surface area contributed by atoms with Gasteiger partial charge in [0.15, 0.2) is 5.16 Å². The van der Waals surface area contributed by atoms with Crippen LogP contribution in [0.1, 0.15) is 0 Å². The molecule has 21 heavy (non-hydrogen) atoms. The molecule has 0 radical (unpaired) electrons. The molecule has 0 aliphatic carbocycles. The number of amides is 1. The number of hydrogen-bond acceptors (Lipinski definition) is 4. The van der Waals surface area contributed by atoms with Crippen molar-refractivity contribution in [2.75, 3.05) is 11.1 Å². The smallest absolute Gasteiger partial charge is 0.254 e. The first-order valence-corrected chi connectivity index (χ1v) is 8.16. The van der Waals surface area contributed by atoms with Gasteiger partial charge in [0.25, 0.3) is 5.56 Å². The third-order valence-corrected chi connectivity index (χ3v) is 4.82. The van der Waals surface area contributed by atoms with Crippen LogP contribution in [0.15, 0.2) is 51.0 Å². The average molecular weight is 366 g/mol. The summed E-state index contributed by atoms with van der Waals surface area (Å²) in [4.78, 5) is 28.3. The van der Waals surface area contributed by atoms with Gasteiger partial charge in [-0.25, -0.2) is 4.98 Å². The molecule has 7 heteroatoms. The zero-order valence-electron chi connectivity index (χ0n) is 11.0. The number of carbonyl (C=O) groups excluding carboxylic acids is 1. The molecule has 0 bridgehead atoms. The maximum absolute atomic E-state index is 12.3. The van der Waals surface area contributed by atoms with Gasteiger partial charge in [-0.2, -0.15) is 0 Å². The first-order valence-electron chi connectivity index (χ1n) is 6.38. The van der Waals surface area contributed by atoms with E-state index in [0.717, 1.165) is 10.2 Å². The maximum atomic E-state index is 12.3. The van der Waals surface area contributed by atoms with Crippen LogP contribution in [-0.4, -0.2) is 21.2 Å². The maximum Gasteiger partial charge on any atom is 0.254 e. The Hall–Kier alpha value is -1.60. The molecule has 1 aromatic carbocycles. The first kappa shape index (κ1) is 14.3. The SMILES string of the molecule is O=C(Nc1cccc(Br)c1)C1CSc2nccc(=O)n2C1. The summed E-state index contributed by atoms with van der Waals surface area (Å²) < 4.78 is 2.46. The number of benzene rings is 1. The van der Waals surface area contributed by atoms with E-state index >= 15 is 0 Å². The Bertz CT molecular complexity index is 747. The lowest BCUT2D eigenvalue weighted by molar-refractivity contribution is -0.119. The van der Waals surface area contributed by atoms with Crippen LogP contribution in [0.3, 0.4) is 0 Å². The van der Waals surface area contributed by atoms with E-state index in [1.54, 1.807) is 4.57 Å². The van der Waals surface area contributed by atoms with Crippen molar-refractivity contribution in [1.29, 1.82) is 0 Å². The van der Waals surface area contributed by atoms with E-state index < -0.39 is 0 Å². The van der Waals surface area contributed by atoms with E-state index in [2.05, 4.69) is 26.2 Å². The number of aromatic nitrogens is 2. The van der Waals surface area contributed by atoms with Crippen molar-refractivity contribution in [3.63, 3.8) is 0 Å². The van der Waals surface area contributed by atoms with E-state index in [4.69, 9.17) is 0 Å². The fraction of sp³-hybridized carbons (Fsp3) is 0.214. The molecule has 3 rings (SSSR count). The summed E-state index contributed by atoms with van der Waals surface area (Å²) >= 11 is 4.80. The quantitative estimate of drug-likeness (QED) is 0.829. The lowest BCUT2D eigenvalue weighted by Gasteiger charge is -2.23. The summed E-state index contributed by atoms with van der Waals surface area (Å²) in [6, 6.07) is 8.85. The summed E-state index contributed by atoms with van der Waals surface area (Å²) in [6.45, 7) is 0.370. The van der Waals surface area contributed by atoms with Crippen molar-refractivity contribution >= 4 is 39.3 Å². The number of anilines is 1.